The normalized spacial score (nSPS) is 16.5. The predicted octanol–water partition coefficient (Wildman–Crippen LogP) is 0.918. The highest BCUT2D eigenvalue weighted by Crippen LogP contribution is 2.27. The highest BCUT2D eigenvalue weighted by atomic mass is 32.2. The van der Waals surface area contributed by atoms with E-state index in [4.69, 9.17) is 4.74 Å². The highest BCUT2D eigenvalue weighted by molar-refractivity contribution is 7.89. The third-order valence-corrected chi connectivity index (χ3v) is 6.63. The zero-order valence-electron chi connectivity index (χ0n) is 13.5. The van der Waals surface area contributed by atoms with Crippen LogP contribution in [0.4, 0.5) is 0 Å². The molecule has 10 heteroatoms. The number of amides is 1. The summed E-state index contributed by atoms with van der Waals surface area (Å²) in [5, 5.41) is 13.0. The Labute approximate surface area is 150 Å². The van der Waals surface area contributed by atoms with E-state index in [0.717, 1.165) is 24.2 Å². The van der Waals surface area contributed by atoms with Crippen LogP contribution in [0.15, 0.2) is 29.0 Å². The zero-order valence-corrected chi connectivity index (χ0v) is 15.1. The number of carbonyl (C=O) groups is 2. The van der Waals surface area contributed by atoms with Crippen LogP contribution in [0.3, 0.4) is 0 Å². The van der Waals surface area contributed by atoms with Gasteiger partial charge >= 0.3 is 5.97 Å². The van der Waals surface area contributed by atoms with Crippen LogP contribution < -0.4 is 5.32 Å². The number of thiophene rings is 1. The van der Waals surface area contributed by atoms with E-state index in [0.29, 0.717) is 13.1 Å². The van der Waals surface area contributed by atoms with Crippen LogP contribution in [0.1, 0.15) is 22.5 Å². The summed E-state index contributed by atoms with van der Waals surface area (Å²) in [7, 11) is -3.76. The van der Waals surface area contributed by atoms with Gasteiger partial charge in [-0.25, -0.2) is 13.2 Å². The number of hydrogen-bond acceptors (Lipinski definition) is 6. The fourth-order valence-corrected chi connectivity index (χ4v) is 5.22. The molecular formula is C15H20N2O6S2. The molecule has 2 rings (SSSR count). The number of aliphatic carboxylic acids is 1. The summed E-state index contributed by atoms with van der Waals surface area (Å²) in [6, 6.07) is 0.0916. The quantitative estimate of drug-likeness (QED) is 0.480. The van der Waals surface area contributed by atoms with Gasteiger partial charge in [-0.1, -0.05) is 6.08 Å². The molecule has 25 heavy (non-hydrogen) atoms. The van der Waals surface area contributed by atoms with Gasteiger partial charge in [0, 0.05) is 13.1 Å². The van der Waals surface area contributed by atoms with Crippen molar-refractivity contribution in [3.05, 3.63) is 29.0 Å². The second-order valence-electron chi connectivity index (χ2n) is 5.42. The SMILES string of the molecule is C=CCOCC(NC(=O)c1sccc1S(=O)(=O)N1CCCC1)C(=O)O. The first-order valence-corrected chi connectivity index (χ1v) is 10.00. The summed E-state index contributed by atoms with van der Waals surface area (Å²) in [6.07, 6.45) is 3.03. The average Bonchev–Trinajstić information content (AvgIpc) is 3.25. The van der Waals surface area contributed by atoms with E-state index in [1.165, 1.54) is 21.8 Å². The standard InChI is InChI=1S/C15H20N2O6S2/c1-2-8-23-10-11(15(19)20)16-14(18)13-12(5-9-24-13)25(21,22)17-6-3-4-7-17/h2,5,9,11H,1,3-4,6-8,10H2,(H,16,18)(H,19,20). The van der Waals surface area contributed by atoms with Gasteiger partial charge in [0.05, 0.1) is 13.2 Å². The maximum atomic E-state index is 12.7. The summed E-state index contributed by atoms with van der Waals surface area (Å²) in [5.74, 6) is -2.01. The minimum atomic E-state index is -3.76. The highest BCUT2D eigenvalue weighted by Gasteiger charge is 2.32. The van der Waals surface area contributed by atoms with Gasteiger partial charge in [-0.15, -0.1) is 17.9 Å². The van der Waals surface area contributed by atoms with E-state index in [-0.39, 0.29) is 23.0 Å². The van der Waals surface area contributed by atoms with E-state index in [9.17, 15) is 23.1 Å². The van der Waals surface area contributed by atoms with Crippen LogP contribution in [0.5, 0.6) is 0 Å². The molecule has 0 bridgehead atoms. The van der Waals surface area contributed by atoms with E-state index < -0.39 is 27.9 Å². The van der Waals surface area contributed by atoms with Crippen molar-refractivity contribution < 1.29 is 27.9 Å². The van der Waals surface area contributed by atoms with Crippen LogP contribution in [0.25, 0.3) is 0 Å². The van der Waals surface area contributed by atoms with Crippen molar-refractivity contribution in [3.8, 4) is 0 Å². The maximum absolute atomic E-state index is 12.7. The van der Waals surface area contributed by atoms with Crippen LogP contribution >= 0.6 is 11.3 Å². The third-order valence-electron chi connectivity index (χ3n) is 3.64. The molecule has 0 saturated carbocycles. The van der Waals surface area contributed by atoms with Gasteiger partial charge in [0.25, 0.3) is 5.91 Å². The number of nitrogens with zero attached hydrogens (tertiary/aromatic N) is 1. The van der Waals surface area contributed by atoms with Gasteiger partial charge in [-0.2, -0.15) is 4.31 Å². The molecular weight excluding hydrogens is 368 g/mol. The minimum Gasteiger partial charge on any atom is -0.480 e. The first-order valence-electron chi connectivity index (χ1n) is 7.68. The smallest absolute Gasteiger partial charge is 0.328 e. The topological polar surface area (TPSA) is 113 Å². The molecule has 2 heterocycles. The van der Waals surface area contributed by atoms with Crippen molar-refractivity contribution in [1.29, 1.82) is 0 Å². The molecule has 8 nitrogen and oxygen atoms in total. The second kappa shape index (κ2) is 8.56. The monoisotopic (exact) mass is 388 g/mol. The number of nitrogens with one attached hydrogen (secondary N) is 1. The van der Waals surface area contributed by atoms with Crippen molar-refractivity contribution in [1.82, 2.24) is 9.62 Å². The Bertz CT molecular complexity index is 737. The van der Waals surface area contributed by atoms with Crippen molar-refractivity contribution >= 4 is 33.2 Å². The molecule has 2 N–H and O–H groups in total. The first-order chi connectivity index (χ1) is 11.9. The van der Waals surface area contributed by atoms with Gasteiger partial charge in [0.15, 0.2) is 6.04 Å². The lowest BCUT2D eigenvalue weighted by Crippen LogP contribution is -2.44. The molecule has 1 atom stereocenters. The van der Waals surface area contributed by atoms with Crippen molar-refractivity contribution in [2.45, 2.75) is 23.8 Å². The number of carboxylic acids is 1. The lowest BCUT2D eigenvalue weighted by Gasteiger charge is -2.17. The molecule has 0 spiro atoms. The molecule has 0 radical (unpaired) electrons. The Morgan fingerprint density at radius 3 is 2.72 bits per heavy atom. The fourth-order valence-electron chi connectivity index (χ4n) is 2.40. The number of ether oxygens (including phenoxy) is 1. The molecule has 1 fully saturated rings. The Morgan fingerprint density at radius 2 is 2.12 bits per heavy atom. The van der Waals surface area contributed by atoms with E-state index in [2.05, 4.69) is 11.9 Å². The Hall–Kier alpha value is -1.75. The molecule has 138 valence electrons. The Balaban J connectivity index is 2.16. The number of carboxylic acid groups (broad SMARTS) is 1. The lowest BCUT2D eigenvalue weighted by atomic mass is 10.3. The molecule has 1 unspecified atom stereocenters. The van der Waals surface area contributed by atoms with Gasteiger partial charge in [0.1, 0.15) is 9.77 Å². The lowest BCUT2D eigenvalue weighted by molar-refractivity contribution is -0.140. The molecule has 1 aromatic rings. The van der Waals surface area contributed by atoms with Gasteiger partial charge in [0.2, 0.25) is 10.0 Å². The summed E-state index contributed by atoms with van der Waals surface area (Å²) in [6.45, 7) is 4.20. The molecule has 1 aromatic heterocycles. The number of sulfonamides is 1. The Morgan fingerprint density at radius 1 is 1.44 bits per heavy atom. The molecule has 1 aliphatic heterocycles. The molecule has 1 amide bonds. The van der Waals surface area contributed by atoms with Crippen LogP contribution in [-0.4, -0.2) is 62.1 Å². The van der Waals surface area contributed by atoms with E-state index >= 15 is 0 Å². The third kappa shape index (κ3) is 4.66. The Kier molecular flexibility index (Phi) is 6.71. The van der Waals surface area contributed by atoms with Gasteiger partial charge in [-0.05, 0) is 24.3 Å². The molecule has 0 aliphatic carbocycles. The van der Waals surface area contributed by atoms with Crippen molar-refractivity contribution in [2.75, 3.05) is 26.3 Å². The zero-order chi connectivity index (χ0) is 18.4. The minimum absolute atomic E-state index is 0.0260. The summed E-state index contributed by atoms with van der Waals surface area (Å²) in [4.78, 5) is 23.5. The van der Waals surface area contributed by atoms with Crippen molar-refractivity contribution in [3.63, 3.8) is 0 Å². The summed E-state index contributed by atoms with van der Waals surface area (Å²) >= 11 is 0.958. The van der Waals surface area contributed by atoms with Crippen LogP contribution in [0.2, 0.25) is 0 Å². The predicted molar refractivity (Wildman–Crippen MR) is 92.2 cm³/mol. The van der Waals surface area contributed by atoms with Crippen LogP contribution in [-0.2, 0) is 19.6 Å². The van der Waals surface area contributed by atoms with Gasteiger partial charge < -0.3 is 15.2 Å². The molecule has 0 aromatic carbocycles. The number of hydrogen-bond donors (Lipinski definition) is 2. The largest absolute Gasteiger partial charge is 0.480 e. The van der Waals surface area contributed by atoms with Crippen LogP contribution in [0, 0.1) is 0 Å². The van der Waals surface area contributed by atoms with E-state index in [1.807, 2.05) is 0 Å². The molecule has 1 saturated heterocycles. The average molecular weight is 388 g/mol. The van der Waals surface area contributed by atoms with Crippen molar-refractivity contribution in [2.24, 2.45) is 0 Å². The number of carbonyl (C=O) groups excluding carboxylic acids is 1. The summed E-state index contributed by atoms with van der Waals surface area (Å²) in [5.41, 5.74) is 0. The first kappa shape index (κ1) is 19.6. The maximum Gasteiger partial charge on any atom is 0.328 e. The van der Waals surface area contributed by atoms with E-state index in [1.54, 1.807) is 0 Å². The fraction of sp³-hybridized carbons (Fsp3) is 0.467. The molecule has 1 aliphatic rings. The number of rotatable bonds is 9. The van der Waals surface area contributed by atoms with Gasteiger partial charge in [-0.3, -0.25) is 4.79 Å². The summed E-state index contributed by atoms with van der Waals surface area (Å²) < 4.78 is 31.7. The second-order valence-corrected chi connectivity index (χ2v) is 8.24.